The first-order chi connectivity index (χ1) is 11.2. The van der Waals surface area contributed by atoms with Gasteiger partial charge in [0.1, 0.15) is 5.75 Å². The van der Waals surface area contributed by atoms with Crippen LogP contribution in [0.25, 0.3) is 0 Å². The van der Waals surface area contributed by atoms with Crippen LogP contribution in [0.3, 0.4) is 0 Å². The van der Waals surface area contributed by atoms with E-state index >= 15 is 0 Å². The van der Waals surface area contributed by atoms with Crippen LogP contribution in [0.15, 0.2) is 59.7 Å². The summed E-state index contributed by atoms with van der Waals surface area (Å²) in [5.41, 5.74) is 5.19. The maximum Gasteiger partial charge on any atom is 0.243 e. The van der Waals surface area contributed by atoms with Crippen molar-refractivity contribution in [1.82, 2.24) is 5.43 Å². The molecule has 118 valence electrons. The first-order valence-electron chi connectivity index (χ1n) is 7.90. The number of rotatable bonds is 5. The van der Waals surface area contributed by atoms with Gasteiger partial charge in [-0.1, -0.05) is 49.4 Å². The Morgan fingerprint density at radius 1 is 1.17 bits per heavy atom. The van der Waals surface area contributed by atoms with Crippen molar-refractivity contribution >= 4 is 11.6 Å². The van der Waals surface area contributed by atoms with Gasteiger partial charge in [-0.25, -0.2) is 5.43 Å². The van der Waals surface area contributed by atoms with Gasteiger partial charge in [-0.15, -0.1) is 0 Å². The zero-order valence-electron chi connectivity index (χ0n) is 13.1. The molecule has 1 aliphatic carbocycles. The van der Waals surface area contributed by atoms with E-state index in [0.29, 0.717) is 23.6 Å². The predicted molar refractivity (Wildman–Crippen MR) is 90.4 cm³/mol. The highest BCUT2D eigenvalue weighted by Gasteiger charge is 2.43. The van der Waals surface area contributed by atoms with Crippen molar-refractivity contribution in [3.05, 3.63) is 65.7 Å². The van der Waals surface area contributed by atoms with E-state index in [9.17, 15) is 9.90 Å². The zero-order valence-corrected chi connectivity index (χ0v) is 13.1. The summed E-state index contributed by atoms with van der Waals surface area (Å²) in [5, 5.41) is 14.1. The molecular weight excluding hydrogens is 288 g/mol. The Hall–Kier alpha value is -2.62. The van der Waals surface area contributed by atoms with Gasteiger partial charge in [-0.05, 0) is 36.5 Å². The second-order valence-electron chi connectivity index (χ2n) is 5.76. The lowest BCUT2D eigenvalue weighted by atomic mass is 10.1. The van der Waals surface area contributed by atoms with E-state index in [-0.39, 0.29) is 17.6 Å². The molecule has 2 aromatic carbocycles. The molecule has 4 nitrogen and oxygen atoms in total. The lowest BCUT2D eigenvalue weighted by molar-refractivity contribution is -0.122. The summed E-state index contributed by atoms with van der Waals surface area (Å²) >= 11 is 0. The zero-order chi connectivity index (χ0) is 16.2. The molecule has 23 heavy (non-hydrogen) atoms. The number of nitrogens with one attached hydrogen (secondary N) is 1. The quantitative estimate of drug-likeness (QED) is 0.656. The summed E-state index contributed by atoms with van der Waals surface area (Å²) in [6, 6.07) is 17.1. The maximum atomic E-state index is 12.2. The fourth-order valence-corrected chi connectivity index (χ4v) is 2.81. The lowest BCUT2D eigenvalue weighted by Crippen LogP contribution is -2.22. The van der Waals surface area contributed by atoms with Gasteiger partial charge < -0.3 is 5.11 Å². The molecular formula is C19H20N2O2. The van der Waals surface area contributed by atoms with Crippen LogP contribution in [0.5, 0.6) is 5.75 Å². The number of carbonyl (C=O) groups is 1. The predicted octanol–water partition coefficient (Wildman–Crippen LogP) is 3.43. The highest BCUT2D eigenvalue weighted by Crippen LogP contribution is 2.47. The molecule has 0 aromatic heterocycles. The Labute approximate surface area is 135 Å². The SMILES string of the molecule is CC/C(=N\NC(=O)[C@@H]1C[C@H]1c1ccccc1)c1ccccc1O. The van der Waals surface area contributed by atoms with Crippen LogP contribution in [-0.2, 0) is 4.79 Å². The Morgan fingerprint density at radius 3 is 2.57 bits per heavy atom. The monoisotopic (exact) mass is 308 g/mol. The Kier molecular flexibility index (Phi) is 4.42. The number of amides is 1. The third kappa shape index (κ3) is 3.42. The van der Waals surface area contributed by atoms with Gasteiger partial charge in [0.05, 0.1) is 5.71 Å². The molecule has 1 fully saturated rings. The molecule has 1 saturated carbocycles. The number of phenolic OH excluding ortho intramolecular Hbond substituents is 1. The number of hydrogen-bond acceptors (Lipinski definition) is 3. The van der Waals surface area contributed by atoms with E-state index in [4.69, 9.17) is 0 Å². The lowest BCUT2D eigenvalue weighted by Gasteiger charge is -2.07. The number of hydrazone groups is 1. The second-order valence-corrected chi connectivity index (χ2v) is 5.76. The Morgan fingerprint density at radius 2 is 1.87 bits per heavy atom. The van der Waals surface area contributed by atoms with Crippen molar-refractivity contribution in [2.45, 2.75) is 25.7 Å². The van der Waals surface area contributed by atoms with Crippen molar-refractivity contribution in [2.75, 3.05) is 0 Å². The molecule has 2 N–H and O–H groups in total. The van der Waals surface area contributed by atoms with E-state index in [1.165, 1.54) is 5.56 Å². The smallest absolute Gasteiger partial charge is 0.243 e. The van der Waals surface area contributed by atoms with Gasteiger partial charge in [0, 0.05) is 11.5 Å². The van der Waals surface area contributed by atoms with Crippen LogP contribution in [0, 0.1) is 5.92 Å². The summed E-state index contributed by atoms with van der Waals surface area (Å²) in [7, 11) is 0. The molecule has 0 aliphatic heterocycles. The highest BCUT2D eigenvalue weighted by molar-refractivity contribution is 6.03. The molecule has 2 aromatic rings. The molecule has 3 rings (SSSR count). The summed E-state index contributed by atoms with van der Waals surface area (Å²) in [4.78, 5) is 12.2. The molecule has 1 aliphatic rings. The maximum absolute atomic E-state index is 12.2. The largest absolute Gasteiger partial charge is 0.507 e. The molecule has 0 unspecified atom stereocenters. The minimum Gasteiger partial charge on any atom is -0.507 e. The Balaban J connectivity index is 1.65. The van der Waals surface area contributed by atoms with Gasteiger partial charge in [-0.2, -0.15) is 5.10 Å². The molecule has 0 spiro atoms. The van der Waals surface area contributed by atoms with Crippen molar-refractivity contribution in [3.8, 4) is 5.75 Å². The number of carbonyl (C=O) groups excluding carboxylic acids is 1. The van der Waals surface area contributed by atoms with E-state index in [0.717, 1.165) is 6.42 Å². The van der Waals surface area contributed by atoms with Crippen LogP contribution < -0.4 is 5.43 Å². The summed E-state index contributed by atoms with van der Waals surface area (Å²) in [6.45, 7) is 1.95. The molecule has 0 heterocycles. The number of aromatic hydroxyl groups is 1. The van der Waals surface area contributed by atoms with Crippen LogP contribution in [0.1, 0.15) is 36.8 Å². The van der Waals surface area contributed by atoms with Crippen LogP contribution in [-0.4, -0.2) is 16.7 Å². The number of phenols is 1. The van der Waals surface area contributed by atoms with Crippen LogP contribution in [0.2, 0.25) is 0 Å². The van der Waals surface area contributed by atoms with E-state index in [2.05, 4.69) is 22.7 Å². The summed E-state index contributed by atoms with van der Waals surface area (Å²) in [6.07, 6.45) is 1.49. The van der Waals surface area contributed by atoms with Crippen molar-refractivity contribution < 1.29 is 9.90 Å². The number of nitrogens with zero attached hydrogens (tertiary/aromatic N) is 1. The second kappa shape index (κ2) is 6.65. The van der Waals surface area contributed by atoms with Crippen LogP contribution >= 0.6 is 0 Å². The minimum absolute atomic E-state index is 0.0105. The number of hydrogen-bond donors (Lipinski definition) is 2. The van der Waals surface area contributed by atoms with Gasteiger partial charge in [0.15, 0.2) is 0 Å². The fourth-order valence-electron chi connectivity index (χ4n) is 2.81. The number of para-hydroxylation sites is 1. The van der Waals surface area contributed by atoms with Crippen molar-refractivity contribution in [3.63, 3.8) is 0 Å². The van der Waals surface area contributed by atoms with Gasteiger partial charge in [-0.3, -0.25) is 4.79 Å². The molecule has 4 heteroatoms. The van der Waals surface area contributed by atoms with E-state index in [1.54, 1.807) is 18.2 Å². The average Bonchev–Trinajstić information content (AvgIpc) is 3.38. The third-order valence-corrected chi connectivity index (χ3v) is 4.21. The standard InChI is InChI=1S/C19H20N2O2/c1-2-17(14-10-6-7-11-18(14)22)20-21-19(23)16-12-15(16)13-8-4-3-5-9-13/h3-11,15-16,22H,2,12H2,1H3,(H,21,23)/b20-17+/t15-,16+/m0/s1. The summed E-state index contributed by atoms with van der Waals surface area (Å²) in [5.74, 6) is 0.404. The Bertz CT molecular complexity index is 725. The van der Waals surface area contributed by atoms with Gasteiger partial charge in [0.25, 0.3) is 0 Å². The topological polar surface area (TPSA) is 61.7 Å². The molecule has 0 radical (unpaired) electrons. The van der Waals surface area contributed by atoms with Crippen molar-refractivity contribution in [2.24, 2.45) is 11.0 Å². The molecule has 1 amide bonds. The van der Waals surface area contributed by atoms with Crippen molar-refractivity contribution in [1.29, 1.82) is 0 Å². The first kappa shape index (κ1) is 15.3. The van der Waals surface area contributed by atoms with E-state index in [1.807, 2.05) is 31.2 Å². The molecule has 0 bridgehead atoms. The fraction of sp³-hybridized carbons (Fsp3) is 0.263. The van der Waals surface area contributed by atoms with Crippen LogP contribution in [0.4, 0.5) is 0 Å². The van der Waals surface area contributed by atoms with Gasteiger partial charge in [0.2, 0.25) is 5.91 Å². The average molecular weight is 308 g/mol. The normalized spacial score (nSPS) is 20.1. The van der Waals surface area contributed by atoms with E-state index < -0.39 is 0 Å². The number of benzene rings is 2. The van der Waals surface area contributed by atoms with Gasteiger partial charge >= 0.3 is 0 Å². The summed E-state index contributed by atoms with van der Waals surface area (Å²) < 4.78 is 0. The minimum atomic E-state index is -0.0553. The molecule has 0 saturated heterocycles. The molecule has 2 atom stereocenters. The third-order valence-electron chi connectivity index (χ3n) is 4.21. The first-order valence-corrected chi connectivity index (χ1v) is 7.90. The highest BCUT2D eigenvalue weighted by atomic mass is 16.3.